The molecule has 5 nitrogen and oxygen atoms in total. The molecule has 72 valence electrons. The van der Waals surface area contributed by atoms with Crippen molar-refractivity contribution in [1.29, 1.82) is 0 Å². The number of ketones is 2. The third-order valence-electron chi connectivity index (χ3n) is 2.09. The van der Waals surface area contributed by atoms with Crippen LogP contribution in [0.5, 0.6) is 0 Å². The van der Waals surface area contributed by atoms with Gasteiger partial charge in [-0.1, -0.05) is 23.3 Å². The Bertz CT molecular complexity index is 540. The summed E-state index contributed by atoms with van der Waals surface area (Å²) in [6.45, 7) is 0. The molecule has 15 heavy (non-hydrogen) atoms. The number of rotatable bonds is 1. The van der Waals surface area contributed by atoms with Gasteiger partial charge in [0.1, 0.15) is 0 Å². The summed E-state index contributed by atoms with van der Waals surface area (Å²) in [7, 11) is 0. The highest BCUT2D eigenvalue weighted by Crippen LogP contribution is 2.27. The fourth-order valence-electron chi connectivity index (χ4n) is 1.46. The smallest absolute Gasteiger partial charge is 0.187 e. The van der Waals surface area contributed by atoms with Crippen LogP contribution in [-0.4, -0.2) is 11.6 Å². The van der Waals surface area contributed by atoms with Gasteiger partial charge in [-0.25, -0.2) is 0 Å². The van der Waals surface area contributed by atoms with Crippen LogP contribution in [0.1, 0.15) is 20.7 Å². The first-order valence-corrected chi connectivity index (χ1v) is 4.19. The van der Waals surface area contributed by atoms with E-state index in [1.807, 2.05) is 0 Å². The largest absolute Gasteiger partial charge is 0.289 e. The molecule has 0 saturated carbocycles. The minimum Gasteiger partial charge on any atom is -0.289 e. The zero-order chi connectivity index (χ0) is 10.8. The van der Waals surface area contributed by atoms with Gasteiger partial charge in [-0.05, 0) is 17.7 Å². The molecule has 5 heteroatoms. The van der Waals surface area contributed by atoms with Crippen molar-refractivity contribution in [1.82, 2.24) is 0 Å². The van der Waals surface area contributed by atoms with Gasteiger partial charge in [0.25, 0.3) is 0 Å². The number of azide groups is 1. The van der Waals surface area contributed by atoms with E-state index < -0.39 is 0 Å². The third kappa shape index (κ3) is 1.41. The second-order valence-electron chi connectivity index (χ2n) is 2.95. The second-order valence-corrected chi connectivity index (χ2v) is 2.95. The van der Waals surface area contributed by atoms with Gasteiger partial charge in [-0.3, -0.25) is 9.59 Å². The topological polar surface area (TPSA) is 82.9 Å². The lowest BCUT2D eigenvalue weighted by molar-refractivity contribution is 0.0994. The maximum atomic E-state index is 11.5. The van der Waals surface area contributed by atoms with Crippen LogP contribution in [0, 0.1) is 0 Å². The summed E-state index contributed by atoms with van der Waals surface area (Å²) in [5.74, 6) is -0.563. The Balaban J connectivity index is 2.76. The Morgan fingerprint density at radius 1 is 1.13 bits per heavy atom. The summed E-state index contributed by atoms with van der Waals surface area (Å²) in [6, 6.07) is 4.62. The van der Waals surface area contributed by atoms with Crippen molar-refractivity contribution in [2.75, 3.05) is 0 Å². The number of nitrogens with zero attached hydrogens (tertiary/aromatic N) is 3. The SMILES string of the molecule is [N-]=[N+]=Nc1cccc2c1C(=O)C=CC2=O. The van der Waals surface area contributed by atoms with Gasteiger partial charge in [0, 0.05) is 21.7 Å². The molecule has 0 unspecified atom stereocenters. The van der Waals surface area contributed by atoms with E-state index in [0.29, 0.717) is 0 Å². The zero-order valence-corrected chi connectivity index (χ0v) is 7.54. The van der Waals surface area contributed by atoms with E-state index in [9.17, 15) is 9.59 Å². The van der Waals surface area contributed by atoms with Gasteiger partial charge >= 0.3 is 0 Å². The van der Waals surface area contributed by atoms with Crippen LogP contribution in [0.2, 0.25) is 0 Å². The van der Waals surface area contributed by atoms with Gasteiger partial charge in [-0.2, -0.15) is 0 Å². The van der Waals surface area contributed by atoms with Crippen LogP contribution >= 0.6 is 0 Å². The molecule has 0 bridgehead atoms. The molecule has 1 aliphatic rings. The van der Waals surface area contributed by atoms with Crippen LogP contribution in [-0.2, 0) is 0 Å². The molecule has 1 aromatic carbocycles. The lowest BCUT2D eigenvalue weighted by atomic mass is 9.93. The Hall–Kier alpha value is -2.39. The molecular formula is C10H5N3O2. The number of fused-ring (bicyclic) bond motifs is 1. The predicted octanol–water partition coefficient (Wildman–Crippen LogP) is 2.56. The van der Waals surface area contributed by atoms with Crippen LogP contribution in [0.3, 0.4) is 0 Å². The summed E-state index contributed by atoms with van der Waals surface area (Å²) in [6.07, 6.45) is 2.39. The lowest BCUT2D eigenvalue weighted by Crippen LogP contribution is -2.11. The average Bonchev–Trinajstić information content (AvgIpc) is 2.24. The van der Waals surface area contributed by atoms with Crippen molar-refractivity contribution in [3.8, 4) is 0 Å². The summed E-state index contributed by atoms with van der Waals surface area (Å²) >= 11 is 0. The Morgan fingerprint density at radius 2 is 1.87 bits per heavy atom. The van der Waals surface area contributed by atoms with Gasteiger partial charge in [-0.15, -0.1) is 0 Å². The number of carbonyl (C=O) groups is 2. The molecule has 0 N–H and O–H groups in total. The molecule has 0 amide bonds. The molecule has 0 atom stereocenters. The highest BCUT2D eigenvalue weighted by molar-refractivity contribution is 6.23. The number of carbonyl (C=O) groups excluding carboxylic acids is 2. The zero-order valence-electron chi connectivity index (χ0n) is 7.54. The van der Waals surface area contributed by atoms with E-state index in [0.717, 1.165) is 0 Å². The van der Waals surface area contributed by atoms with E-state index in [-0.39, 0.29) is 28.4 Å². The fourth-order valence-corrected chi connectivity index (χ4v) is 1.46. The molecule has 1 aromatic rings. The van der Waals surface area contributed by atoms with Crippen LogP contribution in [0.25, 0.3) is 10.4 Å². The summed E-state index contributed by atoms with van der Waals surface area (Å²) in [4.78, 5) is 25.5. The van der Waals surface area contributed by atoms with Crippen molar-refractivity contribution < 1.29 is 9.59 Å². The van der Waals surface area contributed by atoms with E-state index >= 15 is 0 Å². The normalized spacial score (nSPS) is 13.3. The molecule has 0 saturated heterocycles. The van der Waals surface area contributed by atoms with Crippen molar-refractivity contribution in [3.63, 3.8) is 0 Å². The van der Waals surface area contributed by atoms with Crippen molar-refractivity contribution in [2.24, 2.45) is 5.11 Å². The number of hydrogen-bond donors (Lipinski definition) is 0. The second kappa shape index (κ2) is 3.40. The highest BCUT2D eigenvalue weighted by Gasteiger charge is 2.21. The van der Waals surface area contributed by atoms with E-state index in [1.54, 1.807) is 6.07 Å². The summed E-state index contributed by atoms with van der Waals surface area (Å²) in [5.41, 5.74) is 8.98. The minimum atomic E-state index is -0.312. The first-order chi connectivity index (χ1) is 7.24. The summed E-state index contributed by atoms with van der Waals surface area (Å²) in [5, 5.41) is 3.38. The van der Waals surface area contributed by atoms with Crippen molar-refractivity contribution in [3.05, 3.63) is 51.9 Å². The van der Waals surface area contributed by atoms with Gasteiger partial charge < -0.3 is 0 Å². The highest BCUT2D eigenvalue weighted by atomic mass is 16.1. The molecule has 1 aliphatic carbocycles. The van der Waals surface area contributed by atoms with Crippen molar-refractivity contribution >= 4 is 17.3 Å². The molecule has 0 fully saturated rings. The molecule has 0 aromatic heterocycles. The Kier molecular flexibility index (Phi) is 2.08. The first-order valence-electron chi connectivity index (χ1n) is 4.19. The predicted molar refractivity (Wildman–Crippen MR) is 53.0 cm³/mol. The molecule has 0 heterocycles. The lowest BCUT2D eigenvalue weighted by Gasteiger charge is -2.10. The van der Waals surface area contributed by atoms with Crippen LogP contribution in [0.4, 0.5) is 5.69 Å². The van der Waals surface area contributed by atoms with E-state index in [1.165, 1.54) is 24.3 Å². The minimum absolute atomic E-state index is 0.183. The van der Waals surface area contributed by atoms with E-state index in [2.05, 4.69) is 10.0 Å². The quantitative estimate of drug-likeness (QED) is 0.395. The monoisotopic (exact) mass is 199 g/mol. The van der Waals surface area contributed by atoms with Crippen molar-refractivity contribution in [2.45, 2.75) is 0 Å². The number of hydrogen-bond acceptors (Lipinski definition) is 3. The summed E-state index contributed by atoms with van der Waals surface area (Å²) < 4.78 is 0. The van der Waals surface area contributed by atoms with Gasteiger partial charge in [0.05, 0.1) is 0 Å². The number of benzene rings is 1. The maximum Gasteiger partial charge on any atom is 0.187 e. The first kappa shape index (κ1) is 9.18. The maximum absolute atomic E-state index is 11.5. The fraction of sp³-hybridized carbons (Fsp3) is 0. The Labute approximate surface area is 84.7 Å². The molecule has 2 rings (SSSR count). The average molecular weight is 199 g/mol. The van der Waals surface area contributed by atoms with Crippen LogP contribution in [0.15, 0.2) is 35.5 Å². The van der Waals surface area contributed by atoms with Gasteiger partial charge in [0.15, 0.2) is 11.6 Å². The number of allylic oxidation sites excluding steroid dienone is 2. The molecule has 0 aliphatic heterocycles. The third-order valence-corrected chi connectivity index (χ3v) is 2.09. The molecular weight excluding hydrogens is 194 g/mol. The van der Waals surface area contributed by atoms with Gasteiger partial charge in [0.2, 0.25) is 0 Å². The molecule has 0 radical (unpaired) electrons. The van der Waals surface area contributed by atoms with E-state index in [4.69, 9.17) is 5.53 Å². The molecule has 0 spiro atoms. The van der Waals surface area contributed by atoms with Crippen LogP contribution < -0.4 is 0 Å². The standard InChI is InChI=1S/C10H5N3O2/c11-13-12-7-3-1-2-6-8(14)4-5-9(15)10(6)7/h1-5H. The Morgan fingerprint density at radius 3 is 2.60 bits per heavy atom.